The van der Waals surface area contributed by atoms with Gasteiger partial charge in [0.1, 0.15) is 10.7 Å². The maximum Gasteiger partial charge on any atom is 0.416 e. The molecule has 0 saturated carbocycles. The monoisotopic (exact) mass is 312 g/mol. The van der Waals surface area contributed by atoms with Gasteiger partial charge in [-0.2, -0.15) is 17.5 Å². The Morgan fingerprint density at radius 3 is 2.45 bits per heavy atom. The number of nitrogens with two attached hydrogens (primary N) is 1. The summed E-state index contributed by atoms with van der Waals surface area (Å²) < 4.78 is 76.5. The average molecular weight is 312 g/mol. The highest BCUT2D eigenvalue weighted by molar-refractivity contribution is 7.89. The molecule has 0 radical (unpaired) electrons. The molecule has 1 atom stereocenters. The summed E-state index contributed by atoms with van der Waals surface area (Å²) in [5.74, 6) is -1.21. The van der Waals surface area contributed by atoms with Gasteiger partial charge >= 0.3 is 6.18 Å². The molecule has 1 saturated heterocycles. The maximum atomic E-state index is 13.6. The summed E-state index contributed by atoms with van der Waals surface area (Å²) in [6.45, 7) is 0.0389. The minimum absolute atomic E-state index is 0.0297. The van der Waals surface area contributed by atoms with Gasteiger partial charge in [0.2, 0.25) is 10.0 Å². The molecular formula is C11H12F4N2O2S. The van der Waals surface area contributed by atoms with Gasteiger partial charge in [0.05, 0.1) is 5.56 Å². The van der Waals surface area contributed by atoms with Gasteiger partial charge in [0.15, 0.2) is 0 Å². The lowest BCUT2D eigenvalue weighted by molar-refractivity contribution is -0.137. The van der Waals surface area contributed by atoms with Gasteiger partial charge in [-0.1, -0.05) is 0 Å². The zero-order chi connectivity index (χ0) is 15.1. The van der Waals surface area contributed by atoms with Crippen LogP contribution in [0.4, 0.5) is 17.6 Å². The maximum absolute atomic E-state index is 13.6. The van der Waals surface area contributed by atoms with E-state index in [0.717, 1.165) is 4.31 Å². The summed E-state index contributed by atoms with van der Waals surface area (Å²) in [4.78, 5) is -0.971. The Hall–Kier alpha value is -1.19. The van der Waals surface area contributed by atoms with Crippen LogP contribution in [-0.4, -0.2) is 31.9 Å². The number of hydrogen-bond acceptors (Lipinski definition) is 3. The lowest BCUT2D eigenvalue weighted by atomic mass is 10.2. The molecule has 9 heteroatoms. The Labute approximate surface area is 113 Å². The lowest BCUT2D eigenvalue weighted by Gasteiger charge is -2.17. The molecule has 1 fully saturated rings. The molecule has 2 rings (SSSR count). The molecule has 1 heterocycles. The summed E-state index contributed by atoms with van der Waals surface area (Å²) in [6.07, 6.45) is -4.35. The second kappa shape index (κ2) is 4.97. The molecule has 4 nitrogen and oxygen atoms in total. The van der Waals surface area contributed by atoms with E-state index in [2.05, 4.69) is 0 Å². The second-order valence-corrected chi connectivity index (χ2v) is 6.46. The Morgan fingerprint density at radius 1 is 1.30 bits per heavy atom. The molecule has 0 aliphatic carbocycles. The van der Waals surface area contributed by atoms with Gasteiger partial charge in [0, 0.05) is 19.1 Å². The minimum Gasteiger partial charge on any atom is -0.326 e. The van der Waals surface area contributed by atoms with Gasteiger partial charge in [-0.3, -0.25) is 0 Å². The summed E-state index contributed by atoms with van der Waals surface area (Å²) in [6, 6.07) is 0.934. The van der Waals surface area contributed by atoms with Crippen LogP contribution >= 0.6 is 0 Å². The average Bonchev–Trinajstić information content (AvgIpc) is 2.75. The fourth-order valence-electron chi connectivity index (χ4n) is 1.99. The van der Waals surface area contributed by atoms with Crippen LogP contribution < -0.4 is 5.73 Å². The molecule has 1 aliphatic rings. The molecule has 1 aliphatic heterocycles. The molecule has 0 spiro atoms. The second-order valence-electron chi connectivity index (χ2n) is 4.55. The molecule has 112 valence electrons. The van der Waals surface area contributed by atoms with Gasteiger partial charge < -0.3 is 5.73 Å². The standard InChI is InChI=1S/C11H12F4N2O2S/c12-9-2-1-7(11(13,14)15)5-10(9)20(18,19)17-4-3-8(16)6-17/h1-2,5,8H,3-4,6,16H2/t8-/m1/s1. The van der Waals surface area contributed by atoms with E-state index in [4.69, 9.17) is 5.73 Å². The Bertz CT molecular complexity index is 615. The van der Waals surface area contributed by atoms with E-state index < -0.39 is 38.5 Å². The number of nitrogens with zero attached hydrogens (tertiary/aromatic N) is 1. The molecule has 0 unspecified atom stereocenters. The predicted octanol–water partition coefficient (Wildman–Crippen LogP) is 1.57. The van der Waals surface area contributed by atoms with Gasteiger partial charge in [-0.05, 0) is 24.6 Å². The van der Waals surface area contributed by atoms with Crippen molar-refractivity contribution < 1.29 is 26.0 Å². The van der Waals surface area contributed by atoms with Crippen LogP contribution in [0.15, 0.2) is 23.1 Å². The van der Waals surface area contributed by atoms with E-state index >= 15 is 0 Å². The Kier molecular flexibility index (Phi) is 3.78. The number of halogens is 4. The van der Waals surface area contributed by atoms with Crippen LogP contribution in [0.1, 0.15) is 12.0 Å². The first kappa shape index (κ1) is 15.2. The highest BCUT2D eigenvalue weighted by Gasteiger charge is 2.36. The Morgan fingerprint density at radius 2 is 1.95 bits per heavy atom. The number of alkyl halides is 3. The van der Waals surface area contributed by atoms with Crippen molar-refractivity contribution in [3.05, 3.63) is 29.6 Å². The zero-order valence-electron chi connectivity index (χ0n) is 10.2. The zero-order valence-corrected chi connectivity index (χ0v) is 11.0. The number of benzene rings is 1. The fourth-order valence-corrected chi connectivity index (χ4v) is 3.59. The molecule has 0 bridgehead atoms. The molecule has 0 aromatic heterocycles. The first-order valence-corrected chi connectivity index (χ1v) is 7.19. The molecule has 2 N–H and O–H groups in total. The van der Waals surface area contributed by atoms with Crippen molar-refractivity contribution in [3.8, 4) is 0 Å². The van der Waals surface area contributed by atoms with E-state index in [1.807, 2.05) is 0 Å². The predicted molar refractivity (Wildman–Crippen MR) is 62.8 cm³/mol. The molecule has 20 heavy (non-hydrogen) atoms. The first-order valence-electron chi connectivity index (χ1n) is 5.75. The summed E-state index contributed by atoms with van der Waals surface area (Å²) >= 11 is 0. The summed E-state index contributed by atoms with van der Waals surface area (Å²) in [5.41, 5.74) is 4.35. The number of sulfonamides is 1. The van der Waals surface area contributed by atoms with Gasteiger partial charge in [0.25, 0.3) is 0 Å². The van der Waals surface area contributed by atoms with Crippen molar-refractivity contribution in [2.75, 3.05) is 13.1 Å². The minimum atomic E-state index is -4.74. The molecular weight excluding hydrogens is 300 g/mol. The fraction of sp³-hybridized carbons (Fsp3) is 0.455. The largest absolute Gasteiger partial charge is 0.416 e. The van der Waals surface area contributed by atoms with Crippen molar-refractivity contribution >= 4 is 10.0 Å². The summed E-state index contributed by atoms with van der Waals surface area (Å²) in [7, 11) is -4.31. The number of hydrogen-bond donors (Lipinski definition) is 1. The van der Waals surface area contributed by atoms with Crippen LogP contribution in [0.25, 0.3) is 0 Å². The van der Waals surface area contributed by atoms with E-state index in [9.17, 15) is 26.0 Å². The van der Waals surface area contributed by atoms with Gasteiger partial charge in [-0.15, -0.1) is 0 Å². The highest BCUT2D eigenvalue weighted by atomic mass is 32.2. The molecule has 0 amide bonds. The Balaban J connectivity index is 2.46. The topological polar surface area (TPSA) is 63.4 Å². The van der Waals surface area contributed by atoms with Crippen molar-refractivity contribution in [1.29, 1.82) is 0 Å². The van der Waals surface area contributed by atoms with E-state index in [0.29, 0.717) is 24.6 Å². The third-order valence-corrected chi connectivity index (χ3v) is 4.94. The van der Waals surface area contributed by atoms with E-state index in [1.165, 1.54) is 0 Å². The molecule has 1 aromatic rings. The van der Waals surface area contributed by atoms with Crippen molar-refractivity contribution in [1.82, 2.24) is 4.31 Å². The normalized spacial score (nSPS) is 21.4. The van der Waals surface area contributed by atoms with E-state index in [-0.39, 0.29) is 13.1 Å². The van der Waals surface area contributed by atoms with Crippen LogP contribution in [0.3, 0.4) is 0 Å². The van der Waals surface area contributed by atoms with Gasteiger partial charge in [-0.25, -0.2) is 12.8 Å². The van der Waals surface area contributed by atoms with Crippen molar-refractivity contribution in [2.24, 2.45) is 5.73 Å². The smallest absolute Gasteiger partial charge is 0.326 e. The third-order valence-electron chi connectivity index (χ3n) is 3.06. The quantitative estimate of drug-likeness (QED) is 0.843. The van der Waals surface area contributed by atoms with Crippen molar-refractivity contribution in [3.63, 3.8) is 0 Å². The SMILES string of the molecule is N[C@@H]1CCN(S(=O)(=O)c2cc(C(F)(F)F)ccc2F)C1. The highest BCUT2D eigenvalue weighted by Crippen LogP contribution is 2.32. The van der Waals surface area contributed by atoms with Crippen LogP contribution in [0.2, 0.25) is 0 Å². The number of rotatable bonds is 2. The third kappa shape index (κ3) is 2.79. The summed E-state index contributed by atoms with van der Waals surface area (Å²) in [5, 5.41) is 0. The van der Waals surface area contributed by atoms with Crippen molar-refractivity contribution in [2.45, 2.75) is 23.5 Å². The molecule has 1 aromatic carbocycles. The first-order chi connectivity index (χ1) is 9.12. The lowest BCUT2D eigenvalue weighted by Crippen LogP contribution is -2.32. The van der Waals surface area contributed by atoms with Crippen LogP contribution in [0.5, 0.6) is 0 Å². The van der Waals surface area contributed by atoms with E-state index in [1.54, 1.807) is 0 Å². The van der Waals surface area contributed by atoms with Crippen LogP contribution in [0, 0.1) is 5.82 Å². The van der Waals surface area contributed by atoms with Crippen LogP contribution in [-0.2, 0) is 16.2 Å².